The molecular formula is C8H11F. The van der Waals surface area contributed by atoms with Crippen molar-refractivity contribution in [3.8, 4) is 0 Å². The van der Waals surface area contributed by atoms with Crippen LogP contribution in [0.25, 0.3) is 0 Å². The Balaban J connectivity index is 2.74. The second kappa shape index (κ2) is 2.34. The highest BCUT2D eigenvalue weighted by Crippen LogP contribution is 2.21. The molecule has 1 aliphatic rings. The molecule has 0 N–H and O–H groups in total. The third-order valence-electron chi connectivity index (χ3n) is 1.47. The number of rotatable bonds is 0. The molecular weight excluding hydrogens is 115 g/mol. The van der Waals surface area contributed by atoms with Gasteiger partial charge in [-0.2, -0.15) is 0 Å². The topological polar surface area (TPSA) is 0 Å². The molecule has 0 aromatic rings. The molecule has 0 aliphatic heterocycles. The molecule has 0 aromatic carbocycles. The second-order valence-electron chi connectivity index (χ2n) is 2.72. The van der Waals surface area contributed by atoms with Gasteiger partial charge in [-0.1, -0.05) is 12.5 Å². The average Bonchev–Trinajstić information content (AvgIpc) is 1.59. The maximum absolute atomic E-state index is 12.5. The zero-order valence-corrected chi connectivity index (χ0v) is 5.82. The van der Waals surface area contributed by atoms with Crippen LogP contribution >= 0.6 is 0 Å². The van der Waals surface area contributed by atoms with E-state index >= 15 is 0 Å². The maximum atomic E-state index is 12.5. The molecule has 0 amide bonds. The third kappa shape index (κ3) is 1.67. The van der Waals surface area contributed by atoms with Gasteiger partial charge in [0.05, 0.1) is 0 Å². The van der Waals surface area contributed by atoms with Gasteiger partial charge in [-0.25, -0.2) is 4.39 Å². The van der Waals surface area contributed by atoms with Crippen LogP contribution in [0.5, 0.6) is 0 Å². The minimum Gasteiger partial charge on any atom is -0.207 e. The van der Waals surface area contributed by atoms with Crippen molar-refractivity contribution in [1.82, 2.24) is 0 Å². The molecule has 0 spiro atoms. The Morgan fingerprint density at radius 3 is 2.78 bits per heavy atom. The van der Waals surface area contributed by atoms with Gasteiger partial charge in [0.2, 0.25) is 0 Å². The summed E-state index contributed by atoms with van der Waals surface area (Å²) in [6, 6.07) is 0. The van der Waals surface area contributed by atoms with Gasteiger partial charge in [0.1, 0.15) is 5.83 Å². The summed E-state index contributed by atoms with van der Waals surface area (Å²) >= 11 is 0. The summed E-state index contributed by atoms with van der Waals surface area (Å²) in [4.78, 5) is 0. The Morgan fingerprint density at radius 1 is 1.67 bits per heavy atom. The first-order chi connectivity index (χ1) is 4.18. The molecule has 0 saturated carbocycles. The van der Waals surface area contributed by atoms with E-state index < -0.39 is 0 Å². The van der Waals surface area contributed by atoms with E-state index in [1.807, 2.05) is 13.8 Å². The van der Waals surface area contributed by atoms with Crippen molar-refractivity contribution in [3.05, 3.63) is 23.6 Å². The van der Waals surface area contributed by atoms with Gasteiger partial charge >= 0.3 is 0 Å². The summed E-state index contributed by atoms with van der Waals surface area (Å²) in [5.41, 5.74) is 1.14. The Morgan fingerprint density at radius 2 is 2.33 bits per heavy atom. The number of halogens is 1. The van der Waals surface area contributed by atoms with Crippen molar-refractivity contribution in [2.45, 2.75) is 20.3 Å². The lowest BCUT2D eigenvalue weighted by atomic mass is 9.97. The molecule has 0 bridgehead atoms. The van der Waals surface area contributed by atoms with Crippen LogP contribution in [0.3, 0.4) is 0 Å². The van der Waals surface area contributed by atoms with Gasteiger partial charge in [-0.3, -0.25) is 0 Å². The zero-order chi connectivity index (χ0) is 6.85. The maximum Gasteiger partial charge on any atom is 0.119 e. The van der Waals surface area contributed by atoms with E-state index in [0.29, 0.717) is 5.92 Å². The molecule has 1 unspecified atom stereocenters. The molecule has 0 aromatic heterocycles. The van der Waals surface area contributed by atoms with E-state index in [1.54, 1.807) is 12.2 Å². The normalized spacial score (nSPS) is 27.2. The van der Waals surface area contributed by atoms with Crippen molar-refractivity contribution < 1.29 is 4.39 Å². The SMILES string of the molecule is CC1=CC(F)=CC(C)C1. The minimum atomic E-state index is -0.0775. The van der Waals surface area contributed by atoms with Crippen LogP contribution in [0, 0.1) is 5.92 Å². The van der Waals surface area contributed by atoms with Crippen LogP contribution in [-0.2, 0) is 0 Å². The van der Waals surface area contributed by atoms with Gasteiger partial charge in [0, 0.05) is 0 Å². The highest BCUT2D eigenvalue weighted by Gasteiger charge is 2.06. The highest BCUT2D eigenvalue weighted by molar-refractivity contribution is 5.22. The van der Waals surface area contributed by atoms with Crippen LogP contribution in [0.2, 0.25) is 0 Å². The molecule has 50 valence electrons. The smallest absolute Gasteiger partial charge is 0.119 e. The predicted octanol–water partition coefficient (Wildman–Crippen LogP) is 2.83. The summed E-state index contributed by atoms with van der Waals surface area (Å²) in [5.74, 6) is 0.307. The standard InChI is InChI=1S/C8H11F/c1-6-3-7(2)5-8(9)4-6/h4-6H,3H2,1-2H3. The van der Waals surface area contributed by atoms with Crippen LogP contribution < -0.4 is 0 Å². The molecule has 0 nitrogen and oxygen atoms in total. The second-order valence-corrected chi connectivity index (χ2v) is 2.72. The Labute approximate surface area is 55.1 Å². The monoisotopic (exact) mass is 126 g/mol. The molecule has 1 heteroatoms. The molecule has 9 heavy (non-hydrogen) atoms. The Bertz CT molecular complexity index is 165. The van der Waals surface area contributed by atoms with Crippen molar-refractivity contribution >= 4 is 0 Å². The lowest BCUT2D eigenvalue weighted by molar-refractivity contribution is 0.604. The number of allylic oxidation sites excluding steroid dienone is 4. The first-order valence-electron chi connectivity index (χ1n) is 3.23. The van der Waals surface area contributed by atoms with Gasteiger partial charge < -0.3 is 0 Å². The fraction of sp³-hybridized carbons (Fsp3) is 0.500. The minimum absolute atomic E-state index is 0.0775. The van der Waals surface area contributed by atoms with Gasteiger partial charge in [-0.05, 0) is 31.4 Å². The zero-order valence-electron chi connectivity index (χ0n) is 5.82. The molecule has 1 atom stereocenters. The molecule has 1 aliphatic carbocycles. The summed E-state index contributed by atoms with van der Waals surface area (Å²) in [5, 5.41) is 0. The molecule has 1 rings (SSSR count). The van der Waals surface area contributed by atoms with Crippen LogP contribution in [0.15, 0.2) is 23.6 Å². The fourth-order valence-electron chi connectivity index (χ4n) is 1.18. The van der Waals surface area contributed by atoms with E-state index in [1.165, 1.54) is 0 Å². The van der Waals surface area contributed by atoms with E-state index in [-0.39, 0.29) is 5.83 Å². The average molecular weight is 126 g/mol. The summed E-state index contributed by atoms with van der Waals surface area (Å²) in [6.07, 6.45) is 4.26. The quantitative estimate of drug-likeness (QED) is 0.468. The summed E-state index contributed by atoms with van der Waals surface area (Å²) in [6.45, 7) is 3.99. The van der Waals surface area contributed by atoms with E-state index in [9.17, 15) is 4.39 Å². The van der Waals surface area contributed by atoms with Crippen LogP contribution in [0.1, 0.15) is 20.3 Å². The first-order valence-corrected chi connectivity index (χ1v) is 3.23. The van der Waals surface area contributed by atoms with Crippen LogP contribution in [0.4, 0.5) is 4.39 Å². The van der Waals surface area contributed by atoms with E-state index in [4.69, 9.17) is 0 Å². The van der Waals surface area contributed by atoms with Gasteiger partial charge in [-0.15, -0.1) is 0 Å². The predicted molar refractivity (Wildman–Crippen MR) is 36.7 cm³/mol. The number of hydrogen-bond donors (Lipinski definition) is 0. The molecule has 0 saturated heterocycles. The highest BCUT2D eigenvalue weighted by atomic mass is 19.1. The number of hydrogen-bond acceptors (Lipinski definition) is 0. The molecule has 0 fully saturated rings. The van der Waals surface area contributed by atoms with Gasteiger partial charge in [0.15, 0.2) is 0 Å². The summed E-state index contributed by atoms with van der Waals surface area (Å²) in [7, 11) is 0. The van der Waals surface area contributed by atoms with Crippen molar-refractivity contribution in [2.75, 3.05) is 0 Å². The van der Waals surface area contributed by atoms with Crippen LogP contribution in [-0.4, -0.2) is 0 Å². The lowest BCUT2D eigenvalue weighted by Crippen LogP contribution is -1.96. The fourth-order valence-corrected chi connectivity index (χ4v) is 1.18. The van der Waals surface area contributed by atoms with Crippen molar-refractivity contribution in [1.29, 1.82) is 0 Å². The van der Waals surface area contributed by atoms with E-state index in [0.717, 1.165) is 12.0 Å². The Hall–Kier alpha value is -0.590. The van der Waals surface area contributed by atoms with Gasteiger partial charge in [0.25, 0.3) is 0 Å². The largest absolute Gasteiger partial charge is 0.207 e. The lowest BCUT2D eigenvalue weighted by Gasteiger charge is -2.10. The Kier molecular flexibility index (Phi) is 1.70. The van der Waals surface area contributed by atoms with Crippen molar-refractivity contribution in [3.63, 3.8) is 0 Å². The summed E-state index contributed by atoms with van der Waals surface area (Å²) < 4.78 is 12.5. The van der Waals surface area contributed by atoms with E-state index in [2.05, 4.69) is 0 Å². The molecule has 0 radical (unpaired) electrons. The van der Waals surface area contributed by atoms with Crippen molar-refractivity contribution in [2.24, 2.45) is 5.92 Å². The third-order valence-corrected chi connectivity index (χ3v) is 1.47. The molecule has 0 heterocycles. The first kappa shape index (κ1) is 6.53.